The van der Waals surface area contributed by atoms with Gasteiger partial charge in [-0.15, -0.1) is 0 Å². The molecule has 2 fully saturated rings. The third-order valence-electron chi connectivity index (χ3n) is 4.41. The van der Waals surface area contributed by atoms with E-state index in [0.29, 0.717) is 11.9 Å². The van der Waals surface area contributed by atoms with Crippen LogP contribution in [0.15, 0.2) is 30.3 Å². The SMILES string of the molecule is O=C1C(NC2CCSCC2)CCCN1Cc1ccccc1. The number of benzene rings is 1. The highest BCUT2D eigenvalue weighted by Gasteiger charge is 2.30. The Hall–Kier alpha value is -1.00. The summed E-state index contributed by atoms with van der Waals surface area (Å²) in [6.07, 6.45) is 4.51. The molecule has 1 aromatic carbocycles. The number of nitrogens with zero attached hydrogens (tertiary/aromatic N) is 1. The molecule has 0 spiro atoms. The lowest BCUT2D eigenvalue weighted by Crippen LogP contribution is -2.53. The first-order chi connectivity index (χ1) is 10.3. The summed E-state index contributed by atoms with van der Waals surface area (Å²) < 4.78 is 0. The minimum Gasteiger partial charge on any atom is -0.337 e. The number of rotatable bonds is 4. The average Bonchev–Trinajstić information content (AvgIpc) is 2.53. The predicted molar refractivity (Wildman–Crippen MR) is 88.4 cm³/mol. The van der Waals surface area contributed by atoms with Gasteiger partial charge in [0.2, 0.25) is 5.91 Å². The molecule has 114 valence electrons. The lowest BCUT2D eigenvalue weighted by Gasteiger charge is -2.35. The number of hydrogen-bond donors (Lipinski definition) is 1. The van der Waals surface area contributed by atoms with E-state index in [1.165, 1.54) is 29.9 Å². The first-order valence-electron chi connectivity index (χ1n) is 7.99. The molecule has 0 bridgehead atoms. The molecule has 3 rings (SSSR count). The summed E-state index contributed by atoms with van der Waals surface area (Å²) in [7, 11) is 0. The van der Waals surface area contributed by atoms with Gasteiger partial charge in [0.15, 0.2) is 0 Å². The Kier molecular flexibility index (Phi) is 5.20. The second kappa shape index (κ2) is 7.32. The molecule has 4 heteroatoms. The zero-order valence-electron chi connectivity index (χ0n) is 12.5. The number of carbonyl (C=O) groups excluding carboxylic acids is 1. The highest BCUT2D eigenvalue weighted by molar-refractivity contribution is 7.99. The maximum absolute atomic E-state index is 12.7. The fourth-order valence-electron chi connectivity index (χ4n) is 3.20. The van der Waals surface area contributed by atoms with E-state index in [1.54, 1.807) is 0 Å². The number of hydrogen-bond acceptors (Lipinski definition) is 3. The Morgan fingerprint density at radius 3 is 2.67 bits per heavy atom. The summed E-state index contributed by atoms with van der Waals surface area (Å²) in [4.78, 5) is 14.7. The van der Waals surface area contributed by atoms with Gasteiger partial charge in [0.1, 0.15) is 0 Å². The standard InChI is InChI=1S/C17H24N2OS/c20-17-16(18-15-8-11-21-12-9-15)7-4-10-19(17)13-14-5-2-1-3-6-14/h1-3,5-6,15-16,18H,4,7-13H2. The van der Waals surface area contributed by atoms with Crippen LogP contribution in [0.1, 0.15) is 31.2 Å². The normalized spacial score (nSPS) is 24.3. The molecule has 2 aliphatic rings. The van der Waals surface area contributed by atoms with E-state index < -0.39 is 0 Å². The van der Waals surface area contributed by atoms with Gasteiger partial charge < -0.3 is 10.2 Å². The lowest BCUT2D eigenvalue weighted by atomic mass is 10.0. The molecule has 1 N–H and O–H groups in total. The van der Waals surface area contributed by atoms with E-state index in [9.17, 15) is 4.79 Å². The van der Waals surface area contributed by atoms with Crippen molar-refractivity contribution in [1.29, 1.82) is 0 Å². The van der Waals surface area contributed by atoms with Crippen molar-refractivity contribution in [3.05, 3.63) is 35.9 Å². The molecule has 2 heterocycles. The molecule has 0 saturated carbocycles. The Labute approximate surface area is 131 Å². The van der Waals surface area contributed by atoms with Crippen molar-refractivity contribution in [2.75, 3.05) is 18.1 Å². The van der Waals surface area contributed by atoms with Gasteiger partial charge in [0, 0.05) is 19.1 Å². The molecule has 1 amide bonds. The van der Waals surface area contributed by atoms with Crippen LogP contribution in [0, 0.1) is 0 Å². The maximum atomic E-state index is 12.7. The molecular weight excluding hydrogens is 280 g/mol. The van der Waals surface area contributed by atoms with Crippen LogP contribution in [-0.4, -0.2) is 40.9 Å². The summed E-state index contributed by atoms with van der Waals surface area (Å²) in [5.74, 6) is 2.75. The molecular formula is C17H24N2OS. The summed E-state index contributed by atoms with van der Waals surface area (Å²) in [6, 6.07) is 10.9. The van der Waals surface area contributed by atoms with Crippen LogP contribution in [0.2, 0.25) is 0 Å². The third kappa shape index (κ3) is 4.01. The Balaban J connectivity index is 1.57. The van der Waals surface area contributed by atoms with Crippen LogP contribution < -0.4 is 5.32 Å². The fourth-order valence-corrected chi connectivity index (χ4v) is 4.31. The second-order valence-electron chi connectivity index (χ2n) is 5.99. The van der Waals surface area contributed by atoms with Crippen LogP contribution in [-0.2, 0) is 11.3 Å². The van der Waals surface area contributed by atoms with Crippen molar-refractivity contribution in [2.24, 2.45) is 0 Å². The minimum absolute atomic E-state index is 0.0376. The molecule has 0 aliphatic carbocycles. The van der Waals surface area contributed by atoms with E-state index in [0.717, 1.165) is 25.9 Å². The van der Waals surface area contributed by atoms with Gasteiger partial charge in [-0.05, 0) is 42.8 Å². The van der Waals surface area contributed by atoms with Crippen LogP contribution in [0.5, 0.6) is 0 Å². The summed E-state index contributed by atoms with van der Waals surface area (Å²) in [5.41, 5.74) is 1.22. The van der Waals surface area contributed by atoms with Gasteiger partial charge in [-0.3, -0.25) is 4.79 Å². The number of carbonyl (C=O) groups is 1. The zero-order chi connectivity index (χ0) is 14.5. The van der Waals surface area contributed by atoms with E-state index in [2.05, 4.69) is 17.4 Å². The molecule has 2 saturated heterocycles. The summed E-state index contributed by atoms with van der Waals surface area (Å²) in [5, 5.41) is 3.62. The lowest BCUT2D eigenvalue weighted by molar-refractivity contribution is -0.136. The van der Waals surface area contributed by atoms with Crippen LogP contribution in [0.4, 0.5) is 0 Å². The molecule has 3 nitrogen and oxygen atoms in total. The number of piperidine rings is 1. The molecule has 1 aromatic rings. The predicted octanol–water partition coefficient (Wildman–Crippen LogP) is 2.66. The quantitative estimate of drug-likeness (QED) is 0.928. The van der Waals surface area contributed by atoms with Crippen LogP contribution in [0.25, 0.3) is 0 Å². The largest absolute Gasteiger partial charge is 0.337 e. The molecule has 0 aromatic heterocycles. The van der Waals surface area contributed by atoms with Crippen LogP contribution in [0.3, 0.4) is 0 Å². The number of nitrogens with one attached hydrogen (secondary N) is 1. The molecule has 1 atom stereocenters. The Bertz CT molecular complexity index is 459. The van der Waals surface area contributed by atoms with Gasteiger partial charge in [-0.2, -0.15) is 11.8 Å². The summed E-state index contributed by atoms with van der Waals surface area (Å²) in [6.45, 7) is 1.64. The van der Waals surface area contributed by atoms with Gasteiger partial charge >= 0.3 is 0 Å². The van der Waals surface area contributed by atoms with E-state index in [-0.39, 0.29) is 6.04 Å². The molecule has 1 unspecified atom stereocenters. The first kappa shape index (κ1) is 14.9. The topological polar surface area (TPSA) is 32.3 Å². The van der Waals surface area contributed by atoms with Crippen molar-refractivity contribution in [1.82, 2.24) is 10.2 Å². The highest BCUT2D eigenvalue weighted by Crippen LogP contribution is 2.20. The summed E-state index contributed by atoms with van der Waals surface area (Å²) >= 11 is 2.03. The smallest absolute Gasteiger partial charge is 0.240 e. The molecule has 2 aliphatic heterocycles. The van der Waals surface area contributed by atoms with Crippen molar-refractivity contribution < 1.29 is 4.79 Å². The van der Waals surface area contributed by atoms with E-state index in [1.807, 2.05) is 34.9 Å². The first-order valence-corrected chi connectivity index (χ1v) is 9.15. The zero-order valence-corrected chi connectivity index (χ0v) is 13.3. The van der Waals surface area contributed by atoms with Gasteiger partial charge in [-0.25, -0.2) is 0 Å². The van der Waals surface area contributed by atoms with Crippen molar-refractivity contribution in [2.45, 2.75) is 44.3 Å². The van der Waals surface area contributed by atoms with Crippen LogP contribution >= 0.6 is 11.8 Å². The Morgan fingerprint density at radius 1 is 1.14 bits per heavy atom. The van der Waals surface area contributed by atoms with E-state index >= 15 is 0 Å². The fraction of sp³-hybridized carbons (Fsp3) is 0.588. The Morgan fingerprint density at radius 2 is 1.90 bits per heavy atom. The monoisotopic (exact) mass is 304 g/mol. The number of amides is 1. The van der Waals surface area contributed by atoms with Crippen molar-refractivity contribution in [3.63, 3.8) is 0 Å². The number of thioether (sulfide) groups is 1. The van der Waals surface area contributed by atoms with Crippen molar-refractivity contribution >= 4 is 17.7 Å². The number of likely N-dealkylation sites (tertiary alicyclic amines) is 1. The van der Waals surface area contributed by atoms with Crippen molar-refractivity contribution in [3.8, 4) is 0 Å². The third-order valence-corrected chi connectivity index (χ3v) is 5.45. The molecule has 0 radical (unpaired) electrons. The average molecular weight is 304 g/mol. The van der Waals surface area contributed by atoms with Gasteiger partial charge in [0.25, 0.3) is 0 Å². The minimum atomic E-state index is 0.0376. The van der Waals surface area contributed by atoms with Gasteiger partial charge in [0.05, 0.1) is 6.04 Å². The van der Waals surface area contributed by atoms with Gasteiger partial charge in [-0.1, -0.05) is 30.3 Å². The second-order valence-corrected chi connectivity index (χ2v) is 7.22. The maximum Gasteiger partial charge on any atom is 0.240 e. The highest BCUT2D eigenvalue weighted by atomic mass is 32.2. The van der Waals surface area contributed by atoms with E-state index in [4.69, 9.17) is 0 Å². The molecule has 21 heavy (non-hydrogen) atoms.